The van der Waals surface area contributed by atoms with Crippen molar-refractivity contribution in [1.82, 2.24) is 9.88 Å². The molecule has 1 fully saturated rings. The van der Waals surface area contributed by atoms with Crippen molar-refractivity contribution in [2.45, 2.75) is 45.6 Å². The SMILES string of the molecule is CC/C=C/c1cc(N2CCOc3cc(C(=O)N4CCCC[C@H]4C)cnc32)ccc1C=O. The zero-order chi connectivity index (χ0) is 21.8. The molecule has 0 saturated carbocycles. The van der Waals surface area contributed by atoms with E-state index in [1.54, 1.807) is 6.20 Å². The number of nitrogens with zero attached hydrogens (tertiary/aromatic N) is 3. The van der Waals surface area contributed by atoms with E-state index in [1.807, 2.05) is 41.3 Å². The van der Waals surface area contributed by atoms with Gasteiger partial charge in [-0.3, -0.25) is 9.59 Å². The molecule has 0 spiro atoms. The standard InChI is InChI=1S/C25H29N3O3/c1-3-4-8-19-14-22(10-9-20(19)17-29)28-12-13-31-23-15-21(16-26-24(23)28)25(30)27-11-6-5-7-18(27)2/h4,8-10,14-18H,3,5-7,11-13H2,1-2H3/b8-4+/t18-/m1/s1. The number of fused-ring (bicyclic) bond motifs is 1. The number of carbonyl (C=O) groups excluding carboxylic acids is 2. The van der Waals surface area contributed by atoms with E-state index in [1.165, 1.54) is 6.42 Å². The Balaban J connectivity index is 1.64. The lowest BCUT2D eigenvalue weighted by Crippen LogP contribution is -2.42. The van der Waals surface area contributed by atoms with Crippen LogP contribution in [0, 0.1) is 0 Å². The summed E-state index contributed by atoms with van der Waals surface area (Å²) in [6.07, 6.45) is 10.7. The minimum absolute atomic E-state index is 0.0190. The summed E-state index contributed by atoms with van der Waals surface area (Å²) in [4.78, 5) is 33.1. The molecule has 6 nitrogen and oxygen atoms in total. The molecule has 0 bridgehead atoms. The largest absolute Gasteiger partial charge is 0.488 e. The predicted octanol–water partition coefficient (Wildman–Crippen LogP) is 4.86. The quantitative estimate of drug-likeness (QED) is 0.648. The summed E-state index contributed by atoms with van der Waals surface area (Å²) in [6.45, 7) is 6.11. The van der Waals surface area contributed by atoms with Crippen LogP contribution in [-0.2, 0) is 0 Å². The van der Waals surface area contributed by atoms with Gasteiger partial charge in [-0.25, -0.2) is 4.98 Å². The number of allylic oxidation sites excluding steroid dienone is 1. The Morgan fingerprint density at radius 2 is 2.10 bits per heavy atom. The smallest absolute Gasteiger partial charge is 0.255 e. The Kier molecular flexibility index (Phi) is 6.35. The molecule has 6 heteroatoms. The number of rotatable bonds is 5. The van der Waals surface area contributed by atoms with Crippen LogP contribution in [0.3, 0.4) is 0 Å². The Bertz CT molecular complexity index is 1000. The van der Waals surface area contributed by atoms with Crippen molar-refractivity contribution >= 4 is 29.8 Å². The van der Waals surface area contributed by atoms with Crippen LogP contribution in [-0.4, -0.2) is 47.8 Å². The first-order chi connectivity index (χ1) is 15.1. The van der Waals surface area contributed by atoms with Gasteiger partial charge in [0, 0.05) is 30.0 Å². The van der Waals surface area contributed by atoms with Crippen LogP contribution >= 0.6 is 0 Å². The van der Waals surface area contributed by atoms with E-state index in [9.17, 15) is 9.59 Å². The Morgan fingerprint density at radius 1 is 1.23 bits per heavy atom. The molecule has 0 radical (unpaired) electrons. The molecule has 2 aromatic rings. The molecular formula is C25H29N3O3. The summed E-state index contributed by atoms with van der Waals surface area (Å²) in [6, 6.07) is 7.83. The summed E-state index contributed by atoms with van der Waals surface area (Å²) in [5.41, 5.74) is 3.05. The van der Waals surface area contributed by atoms with E-state index in [-0.39, 0.29) is 11.9 Å². The average molecular weight is 420 g/mol. The number of anilines is 2. The molecule has 0 unspecified atom stereocenters. The highest BCUT2D eigenvalue weighted by Gasteiger charge is 2.27. The number of aldehydes is 1. The Labute approximate surface area is 183 Å². The van der Waals surface area contributed by atoms with Crippen LogP contribution in [0.5, 0.6) is 5.75 Å². The normalized spacial score (nSPS) is 18.6. The maximum Gasteiger partial charge on any atom is 0.255 e. The van der Waals surface area contributed by atoms with Crippen LogP contribution in [0.2, 0.25) is 0 Å². The second-order valence-corrected chi connectivity index (χ2v) is 8.13. The first-order valence-electron chi connectivity index (χ1n) is 11.1. The third kappa shape index (κ3) is 4.33. The van der Waals surface area contributed by atoms with E-state index in [4.69, 9.17) is 4.74 Å². The molecule has 1 aromatic heterocycles. The van der Waals surface area contributed by atoms with Gasteiger partial charge in [-0.05, 0) is 62.4 Å². The summed E-state index contributed by atoms with van der Waals surface area (Å²) >= 11 is 0. The molecule has 0 aliphatic carbocycles. The first-order valence-corrected chi connectivity index (χ1v) is 11.1. The van der Waals surface area contributed by atoms with Gasteiger partial charge in [-0.2, -0.15) is 0 Å². The number of benzene rings is 1. The van der Waals surface area contributed by atoms with Crippen LogP contribution in [0.1, 0.15) is 65.8 Å². The van der Waals surface area contributed by atoms with E-state index in [0.717, 1.165) is 43.3 Å². The molecule has 2 aliphatic rings. The van der Waals surface area contributed by atoms with Crippen molar-refractivity contribution in [3.63, 3.8) is 0 Å². The van der Waals surface area contributed by atoms with Crippen molar-refractivity contribution in [3.05, 3.63) is 53.2 Å². The minimum atomic E-state index is 0.0190. The fraction of sp³-hybridized carbons (Fsp3) is 0.400. The highest BCUT2D eigenvalue weighted by atomic mass is 16.5. The predicted molar refractivity (Wildman–Crippen MR) is 122 cm³/mol. The number of piperidine rings is 1. The lowest BCUT2D eigenvalue weighted by atomic mass is 10.0. The fourth-order valence-corrected chi connectivity index (χ4v) is 4.26. The fourth-order valence-electron chi connectivity index (χ4n) is 4.26. The number of carbonyl (C=O) groups is 2. The van der Waals surface area contributed by atoms with Gasteiger partial charge in [-0.15, -0.1) is 0 Å². The van der Waals surface area contributed by atoms with Gasteiger partial charge in [0.1, 0.15) is 6.61 Å². The third-order valence-electron chi connectivity index (χ3n) is 6.01. The van der Waals surface area contributed by atoms with Gasteiger partial charge >= 0.3 is 0 Å². The lowest BCUT2D eigenvalue weighted by molar-refractivity contribution is 0.0634. The van der Waals surface area contributed by atoms with Crippen LogP contribution in [0.4, 0.5) is 11.5 Å². The Morgan fingerprint density at radius 3 is 2.87 bits per heavy atom. The second kappa shape index (κ2) is 9.33. The second-order valence-electron chi connectivity index (χ2n) is 8.13. The van der Waals surface area contributed by atoms with Crippen molar-refractivity contribution in [1.29, 1.82) is 0 Å². The summed E-state index contributed by atoms with van der Waals surface area (Å²) in [5.74, 6) is 1.33. The molecule has 1 saturated heterocycles. The highest BCUT2D eigenvalue weighted by Crippen LogP contribution is 2.36. The zero-order valence-electron chi connectivity index (χ0n) is 18.2. The maximum atomic E-state index is 13.0. The van der Waals surface area contributed by atoms with E-state index < -0.39 is 0 Å². The van der Waals surface area contributed by atoms with Gasteiger partial charge in [0.25, 0.3) is 5.91 Å². The number of likely N-dealkylation sites (tertiary alicyclic amines) is 1. The maximum absolute atomic E-state index is 13.0. The van der Waals surface area contributed by atoms with E-state index in [2.05, 4.69) is 23.7 Å². The molecule has 1 atom stereocenters. The monoisotopic (exact) mass is 419 g/mol. The van der Waals surface area contributed by atoms with Crippen LogP contribution < -0.4 is 9.64 Å². The van der Waals surface area contributed by atoms with Crippen molar-refractivity contribution in [2.75, 3.05) is 24.6 Å². The number of ether oxygens (including phenoxy) is 1. The zero-order valence-corrected chi connectivity index (χ0v) is 18.2. The molecule has 3 heterocycles. The number of amides is 1. The van der Waals surface area contributed by atoms with Crippen LogP contribution in [0.15, 0.2) is 36.5 Å². The lowest BCUT2D eigenvalue weighted by Gasteiger charge is -2.34. The molecule has 31 heavy (non-hydrogen) atoms. The highest BCUT2D eigenvalue weighted by molar-refractivity contribution is 5.95. The van der Waals surface area contributed by atoms with Gasteiger partial charge in [-0.1, -0.05) is 19.1 Å². The average Bonchev–Trinajstić information content (AvgIpc) is 2.81. The summed E-state index contributed by atoms with van der Waals surface area (Å²) in [5, 5.41) is 0. The molecule has 1 aromatic carbocycles. The molecule has 1 amide bonds. The number of hydrogen-bond donors (Lipinski definition) is 0. The third-order valence-corrected chi connectivity index (χ3v) is 6.01. The van der Waals surface area contributed by atoms with Crippen molar-refractivity contribution in [3.8, 4) is 5.75 Å². The number of aromatic nitrogens is 1. The topological polar surface area (TPSA) is 62.7 Å². The van der Waals surface area contributed by atoms with Gasteiger partial charge in [0.2, 0.25) is 0 Å². The molecule has 0 N–H and O–H groups in total. The Hall–Kier alpha value is -3.15. The molecule has 4 rings (SSSR count). The van der Waals surface area contributed by atoms with Crippen molar-refractivity contribution in [2.24, 2.45) is 0 Å². The molecule has 162 valence electrons. The van der Waals surface area contributed by atoms with Gasteiger partial charge in [0.15, 0.2) is 17.9 Å². The summed E-state index contributed by atoms with van der Waals surface area (Å²) in [7, 11) is 0. The number of pyridine rings is 1. The number of hydrogen-bond acceptors (Lipinski definition) is 5. The van der Waals surface area contributed by atoms with Crippen molar-refractivity contribution < 1.29 is 14.3 Å². The minimum Gasteiger partial charge on any atom is -0.488 e. The van der Waals surface area contributed by atoms with Gasteiger partial charge < -0.3 is 14.5 Å². The molecule has 2 aliphatic heterocycles. The summed E-state index contributed by atoms with van der Waals surface area (Å²) < 4.78 is 5.88. The van der Waals surface area contributed by atoms with Crippen LogP contribution in [0.25, 0.3) is 6.08 Å². The van der Waals surface area contributed by atoms with E-state index in [0.29, 0.717) is 35.8 Å². The first kappa shape index (κ1) is 21.1. The van der Waals surface area contributed by atoms with E-state index >= 15 is 0 Å². The van der Waals surface area contributed by atoms with Gasteiger partial charge in [0.05, 0.1) is 12.1 Å². The molecular weight excluding hydrogens is 390 g/mol.